The quantitative estimate of drug-likeness (QED) is 0.237. The minimum absolute atomic E-state index is 0.366. The zero-order valence-corrected chi connectivity index (χ0v) is 23.2. The molecule has 4 heteroatoms. The Hall–Kier alpha value is -5.74. The molecule has 0 atom stereocenters. The van der Waals surface area contributed by atoms with Crippen LogP contribution in [0.2, 0.25) is 0 Å². The van der Waals surface area contributed by atoms with Crippen molar-refractivity contribution in [2.45, 2.75) is 5.41 Å². The number of hydrogen-bond donors (Lipinski definition) is 1. The van der Waals surface area contributed by atoms with Gasteiger partial charge < -0.3 is 4.74 Å². The van der Waals surface area contributed by atoms with Crippen LogP contribution in [-0.4, -0.2) is 15.2 Å². The first-order valence-corrected chi connectivity index (χ1v) is 14.5. The maximum Gasteiger partial charge on any atom is 0.219 e. The van der Waals surface area contributed by atoms with Crippen LogP contribution in [-0.2, 0) is 5.41 Å². The Morgan fingerprint density at radius 1 is 0.512 bits per heavy atom. The summed E-state index contributed by atoms with van der Waals surface area (Å²) in [7, 11) is 0. The molecule has 5 aromatic carbocycles. The number of aromatic nitrogens is 3. The number of nitrogens with zero attached hydrogens (tertiary/aromatic N) is 2. The highest BCUT2D eigenvalue weighted by Crippen LogP contribution is 2.62. The number of hydrogen-bond acceptors (Lipinski definition) is 3. The molecule has 7 aromatic rings. The number of aromatic amines is 1. The van der Waals surface area contributed by atoms with Crippen molar-refractivity contribution in [2.75, 3.05) is 0 Å². The Kier molecular flexibility index (Phi) is 5.08. The summed E-state index contributed by atoms with van der Waals surface area (Å²) in [6, 6.07) is 49.2. The van der Waals surface area contributed by atoms with Gasteiger partial charge in [0.05, 0.1) is 16.8 Å². The normalized spacial score (nSPS) is 13.3. The van der Waals surface area contributed by atoms with Crippen LogP contribution in [0.3, 0.4) is 0 Å². The molecule has 0 amide bonds. The van der Waals surface area contributed by atoms with Crippen LogP contribution in [0.15, 0.2) is 146 Å². The molecule has 0 unspecified atom stereocenters. The number of H-pyrrole nitrogens is 1. The number of rotatable bonds is 4. The second-order valence-electron chi connectivity index (χ2n) is 11.1. The van der Waals surface area contributed by atoms with E-state index in [1.807, 2.05) is 42.5 Å². The Bertz CT molecular complexity index is 2120. The highest BCUT2D eigenvalue weighted by atomic mass is 16.5. The third-order valence-electron chi connectivity index (χ3n) is 8.88. The molecule has 1 spiro atoms. The van der Waals surface area contributed by atoms with Crippen LogP contribution in [0.5, 0.6) is 11.6 Å². The van der Waals surface area contributed by atoms with Crippen LogP contribution in [0.1, 0.15) is 22.3 Å². The number of ether oxygens (including phenoxy) is 1. The lowest BCUT2D eigenvalue weighted by Gasteiger charge is -2.30. The number of fused-ring (bicyclic) bond motifs is 10. The molecule has 2 aliphatic carbocycles. The summed E-state index contributed by atoms with van der Waals surface area (Å²) >= 11 is 0. The molecule has 2 heterocycles. The first-order valence-electron chi connectivity index (χ1n) is 14.5. The summed E-state index contributed by atoms with van der Waals surface area (Å²) in [6.45, 7) is 0. The van der Waals surface area contributed by atoms with E-state index in [-0.39, 0.29) is 5.41 Å². The standard InChI is InChI=1S/C39H25N3O/c1-4-15-32-28(12-1)29-13-2-5-16-33(29)39(32)34-17-6-3-14-30(34)31-20-19-26(23-35(31)39)37-24-36(41-42-37)25-10-9-11-27(22-25)43-38-18-7-8-21-40-38/h1-24H,(H,41,42). The maximum absolute atomic E-state index is 5.97. The van der Waals surface area contributed by atoms with E-state index in [4.69, 9.17) is 9.84 Å². The first kappa shape index (κ1) is 23.9. The van der Waals surface area contributed by atoms with Gasteiger partial charge in [-0.2, -0.15) is 5.10 Å². The SMILES string of the molecule is c1ccc(Oc2cccc(-c3cc(-c4ccc5c(c4)C4(c6ccccc6-c6ccccc64)c4ccccc4-5)[nH]n3)c2)nc1. The van der Waals surface area contributed by atoms with Gasteiger partial charge in [0.25, 0.3) is 0 Å². The van der Waals surface area contributed by atoms with Gasteiger partial charge in [0, 0.05) is 17.8 Å². The summed E-state index contributed by atoms with van der Waals surface area (Å²) in [4.78, 5) is 4.28. The van der Waals surface area contributed by atoms with E-state index < -0.39 is 0 Å². The lowest BCUT2D eigenvalue weighted by molar-refractivity contribution is 0.463. The molecule has 4 nitrogen and oxygen atoms in total. The van der Waals surface area contributed by atoms with Crippen molar-refractivity contribution in [1.29, 1.82) is 0 Å². The zero-order valence-electron chi connectivity index (χ0n) is 23.2. The fraction of sp³-hybridized carbons (Fsp3) is 0.0256. The molecule has 1 N–H and O–H groups in total. The largest absolute Gasteiger partial charge is 0.439 e. The maximum atomic E-state index is 5.97. The van der Waals surface area contributed by atoms with Crippen LogP contribution in [0.25, 0.3) is 44.8 Å². The Morgan fingerprint density at radius 2 is 1.16 bits per heavy atom. The molecular formula is C39H25N3O. The van der Waals surface area contributed by atoms with E-state index in [0.717, 1.165) is 28.3 Å². The molecule has 0 fully saturated rings. The number of nitrogens with one attached hydrogen (secondary N) is 1. The van der Waals surface area contributed by atoms with Crippen molar-refractivity contribution in [2.24, 2.45) is 0 Å². The van der Waals surface area contributed by atoms with Gasteiger partial charge in [-0.25, -0.2) is 4.98 Å². The first-order chi connectivity index (χ1) is 21.3. The van der Waals surface area contributed by atoms with Gasteiger partial charge in [0.2, 0.25) is 5.88 Å². The van der Waals surface area contributed by atoms with Crippen molar-refractivity contribution >= 4 is 0 Å². The Balaban J connectivity index is 1.17. The van der Waals surface area contributed by atoms with E-state index in [0.29, 0.717) is 5.88 Å². The summed E-state index contributed by atoms with van der Waals surface area (Å²) in [6.07, 6.45) is 1.72. The van der Waals surface area contributed by atoms with E-state index in [1.54, 1.807) is 6.20 Å². The van der Waals surface area contributed by atoms with Gasteiger partial charge in [-0.15, -0.1) is 0 Å². The van der Waals surface area contributed by atoms with Crippen LogP contribution < -0.4 is 4.74 Å². The van der Waals surface area contributed by atoms with Gasteiger partial charge in [0.15, 0.2) is 0 Å². The molecule has 0 bridgehead atoms. The lowest BCUT2D eigenvalue weighted by Crippen LogP contribution is -2.25. The smallest absolute Gasteiger partial charge is 0.219 e. The molecule has 0 aliphatic heterocycles. The average Bonchev–Trinajstić information content (AvgIpc) is 3.76. The van der Waals surface area contributed by atoms with E-state index in [1.165, 1.54) is 44.5 Å². The molecule has 0 radical (unpaired) electrons. The minimum Gasteiger partial charge on any atom is -0.439 e. The Morgan fingerprint density at radius 3 is 1.84 bits per heavy atom. The summed E-state index contributed by atoms with van der Waals surface area (Å²) < 4.78 is 5.97. The van der Waals surface area contributed by atoms with Crippen molar-refractivity contribution in [3.8, 4) is 56.4 Å². The van der Waals surface area contributed by atoms with Gasteiger partial charge in [-0.1, -0.05) is 103 Å². The van der Waals surface area contributed by atoms with Gasteiger partial charge >= 0.3 is 0 Å². The van der Waals surface area contributed by atoms with Crippen LogP contribution in [0.4, 0.5) is 0 Å². The summed E-state index contributed by atoms with van der Waals surface area (Å²) in [5.41, 5.74) is 14.1. The number of benzene rings is 5. The molecular weight excluding hydrogens is 526 g/mol. The summed E-state index contributed by atoms with van der Waals surface area (Å²) in [5.74, 6) is 1.28. The Labute approximate surface area is 249 Å². The second kappa shape index (κ2) is 9.13. The van der Waals surface area contributed by atoms with Gasteiger partial charge in [0.1, 0.15) is 5.75 Å². The van der Waals surface area contributed by atoms with Crippen molar-refractivity contribution in [3.63, 3.8) is 0 Å². The van der Waals surface area contributed by atoms with Crippen LogP contribution >= 0.6 is 0 Å². The van der Waals surface area contributed by atoms with Crippen molar-refractivity contribution in [1.82, 2.24) is 15.2 Å². The number of pyridine rings is 1. The zero-order chi connectivity index (χ0) is 28.4. The molecule has 43 heavy (non-hydrogen) atoms. The molecule has 0 saturated heterocycles. The highest BCUT2D eigenvalue weighted by molar-refractivity contribution is 5.95. The predicted molar refractivity (Wildman–Crippen MR) is 170 cm³/mol. The monoisotopic (exact) mass is 551 g/mol. The average molecular weight is 552 g/mol. The van der Waals surface area contributed by atoms with E-state index >= 15 is 0 Å². The fourth-order valence-electron chi connectivity index (χ4n) is 7.13. The molecule has 2 aliphatic rings. The molecule has 9 rings (SSSR count). The van der Waals surface area contributed by atoms with Crippen molar-refractivity contribution < 1.29 is 4.74 Å². The van der Waals surface area contributed by atoms with E-state index in [2.05, 4.69) is 107 Å². The summed E-state index contributed by atoms with van der Waals surface area (Å²) in [5, 5.41) is 8.02. The third-order valence-corrected chi connectivity index (χ3v) is 8.88. The predicted octanol–water partition coefficient (Wildman–Crippen LogP) is 9.27. The third kappa shape index (κ3) is 3.44. The molecule has 2 aromatic heterocycles. The fourth-order valence-corrected chi connectivity index (χ4v) is 7.13. The molecule has 202 valence electrons. The highest BCUT2D eigenvalue weighted by Gasteiger charge is 2.51. The lowest BCUT2D eigenvalue weighted by atomic mass is 9.70. The topological polar surface area (TPSA) is 50.8 Å². The van der Waals surface area contributed by atoms with Gasteiger partial charge in [-0.3, -0.25) is 5.10 Å². The van der Waals surface area contributed by atoms with Crippen molar-refractivity contribution in [3.05, 3.63) is 168 Å². The second-order valence-corrected chi connectivity index (χ2v) is 11.1. The van der Waals surface area contributed by atoms with Gasteiger partial charge in [-0.05, 0) is 80.4 Å². The van der Waals surface area contributed by atoms with Crippen LogP contribution in [0, 0.1) is 0 Å². The molecule has 0 saturated carbocycles. The minimum atomic E-state index is -0.366. The van der Waals surface area contributed by atoms with E-state index in [9.17, 15) is 0 Å².